The minimum Gasteiger partial charge on any atom is -0.352 e. The second kappa shape index (κ2) is 10.4. The normalized spacial score (nSPS) is 15.0. The van der Waals surface area contributed by atoms with Crippen LogP contribution in [0.1, 0.15) is 28.8 Å². The lowest BCUT2D eigenvalue weighted by Crippen LogP contribution is -2.50. The predicted molar refractivity (Wildman–Crippen MR) is 115 cm³/mol. The van der Waals surface area contributed by atoms with E-state index in [0.29, 0.717) is 51.1 Å². The summed E-state index contributed by atoms with van der Waals surface area (Å²) >= 11 is 0. The van der Waals surface area contributed by atoms with Crippen molar-refractivity contribution in [2.24, 2.45) is 0 Å². The summed E-state index contributed by atoms with van der Waals surface area (Å²) in [6.45, 7) is 1.83. The number of sulfonamides is 1. The van der Waals surface area contributed by atoms with Crippen molar-refractivity contribution in [1.82, 2.24) is 14.5 Å². The number of nitrogens with zero attached hydrogens (tertiary/aromatic N) is 2. The Morgan fingerprint density at radius 2 is 1.47 bits per heavy atom. The van der Waals surface area contributed by atoms with E-state index in [4.69, 9.17) is 0 Å². The van der Waals surface area contributed by atoms with Crippen molar-refractivity contribution in [1.29, 1.82) is 0 Å². The zero-order valence-corrected chi connectivity index (χ0v) is 17.7. The zero-order chi connectivity index (χ0) is 21.4. The lowest BCUT2D eigenvalue weighted by Gasteiger charge is -2.34. The Morgan fingerprint density at radius 1 is 0.867 bits per heavy atom. The molecule has 160 valence electrons. The van der Waals surface area contributed by atoms with E-state index in [1.54, 1.807) is 41.3 Å². The average Bonchev–Trinajstić information content (AvgIpc) is 2.77. The maximum absolute atomic E-state index is 12.6. The molecule has 0 aromatic heterocycles. The van der Waals surface area contributed by atoms with E-state index in [0.717, 1.165) is 5.56 Å². The molecule has 30 heavy (non-hydrogen) atoms. The Labute approximate surface area is 177 Å². The predicted octanol–water partition coefficient (Wildman–Crippen LogP) is 1.87. The van der Waals surface area contributed by atoms with E-state index in [-0.39, 0.29) is 17.6 Å². The molecule has 2 aromatic rings. The van der Waals surface area contributed by atoms with Crippen LogP contribution < -0.4 is 5.32 Å². The summed E-state index contributed by atoms with van der Waals surface area (Å²) in [4.78, 5) is 26.1. The van der Waals surface area contributed by atoms with Crippen LogP contribution in [0.5, 0.6) is 0 Å². The van der Waals surface area contributed by atoms with Crippen LogP contribution in [0.15, 0.2) is 60.7 Å². The highest BCUT2D eigenvalue weighted by atomic mass is 32.2. The van der Waals surface area contributed by atoms with E-state index in [2.05, 4.69) is 5.32 Å². The van der Waals surface area contributed by atoms with Crippen molar-refractivity contribution in [3.8, 4) is 0 Å². The number of nitrogens with one attached hydrogen (secondary N) is 1. The molecule has 0 atom stereocenters. The van der Waals surface area contributed by atoms with Crippen molar-refractivity contribution in [3.05, 3.63) is 71.8 Å². The van der Waals surface area contributed by atoms with Crippen LogP contribution in [0.25, 0.3) is 0 Å². The maximum Gasteiger partial charge on any atom is 0.251 e. The van der Waals surface area contributed by atoms with Crippen molar-refractivity contribution in [2.75, 3.05) is 32.7 Å². The summed E-state index contributed by atoms with van der Waals surface area (Å²) in [5, 5.41) is 2.81. The number of carbonyl (C=O) groups excluding carboxylic acids is 2. The molecule has 0 radical (unpaired) electrons. The van der Waals surface area contributed by atoms with Crippen LogP contribution in [0, 0.1) is 0 Å². The van der Waals surface area contributed by atoms with Gasteiger partial charge in [0.2, 0.25) is 15.9 Å². The summed E-state index contributed by atoms with van der Waals surface area (Å²) in [7, 11) is -3.39. The van der Waals surface area contributed by atoms with Gasteiger partial charge in [-0.2, -0.15) is 4.31 Å². The second-order valence-corrected chi connectivity index (χ2v) is 9.22. The Hall–Kier alpha value is -2.71. The first-order valence-electron chi connectivity index (χ1n) is 10.1. The fraction of sp³-hybridized carbons (Fsp3) is 0.364. The first kappa shape index (κ1) is 22.0. The molecule has 1 fully saturated rings. The van der Waals surface area contributed by atoms with Crippen LogP contribution in [0.4, 0.5) is 0 Å². The summed E-state index contributed by atoms with van der Waals surface area (Å²) in [5.74, 6) is -0.188. The SMILES string of the molecule is O=C(NCCCC(=O)N1CCN(S(=O)(=O)Cc2ccccc2)CC1)c1ccccc1. The minimum absolute atomic E-state index is 0.0101. The largest absolute Gasteiger partial charge is 0.352 e. The molecular formula is C22H27N3O4S. The summed E-state index contributed by atoms with van der Waals surface area (Å²) in [5.41, 5.74) is 1.35. The van der Waals surface area contributed by atoms with E-state index in [1.165, 1.54) is 4.31 Å². The molecule has 0 spiro atoms. The third kappa shape index (κ3) is 6.14. The molecule has 7 nitrogen and oxygen atoms in total. The summed E-state index contributed by atoms with van der Waals surface area (Å²) < 4.78 is 26.7. The quantitative estimate of drug-likeness (QED) is 0.649. The Balaban J connectivity index is 1.38. The highest BCUT2D eigenvalue weighted by Crippen LogP contribution is 2.14. The number of hydrogen-bond donors (Lipinski definition) is 1. The van der Waals surface area contributed by atoms with Crippen LogP contribution in [-0.4, -0.2) is 62.2 Å². The number of piperazine rings is 1. The molecule has 1 aliphatic rings. The van der Waals surface area contributed by atoms with Gasteiger partial charge in [-0.05, 0) is 24.1 Å². The van der Waals surface area contributed by atoms with Gasteiger partial charge in [0, 0.05) is 44.7 Å². The second-order valence-electron chi connectivity index (χ2n) is 7.25. The molecule has 8 heteroatoms. The van der Waals surface area contributed by atoms with Crippen molar-refractivity contribution in [2.45, 2.75) is 18.6 Å². The molecule has 0 saturated carbocycles. The standard InChI is InChI=1S/C22H27N3O4S/c26-21(12-7-13-23-22(27)20-10-5-2-6-11-20)24-14-16-25(17-15-24)30(28,29)18-19-8-3-1-4-9-19/h1-6,8-11H,7,12-18H2,(H,23,27). The average molecular weight is 430 g/mol. The maximum atomic E-state index is 12.6. The van der Waals surface area contributed by atoms with E-state index in [1.807, 2.05) is 24.3 Å². The van der Waals surface area contributed by atoms with Crippen LogP contribution in [0.3, 0.4) is 0 Å². The van der Waals surface area contributed by atoms with Gasteiger partial charge in [0.05, 0.1) is 5.75 Å². The molecule has 0 bridgehead atoms. The van der Waals surface area contributed by atoms with Crippen LogP contribution in [0.2, 0.25) is 0 Å². The van der Waals surface area contributed by atoms with E-state index >= 15 is 0 Å². The Kier molecular flexibility index (Phi) is 7.59. The molecule has 1 aliphatic heterocycles. The number of carbonyl (C=O) groups is 2. The van der Waals surface area contributed by atoms with Gasteiger partial charge >= 0.3 is 0 Å². The highest BCUT2D eigenvalue weighted by molar-refractivity contribution is 7.88. The monoisotopic (exact) mass is 429 g/mol. The third-order valence-electron chi connectivity index (χ3n) is 5.07. The fourth-order valence-electron chi connectivity index (χ4n) is 3.38. The van der Waals surface area contributed by atoms with E-state index < -0.39 is 10.0 Å². The molecule has 2 amide bonds. The smallest absolute Gasteiger partial charge is 0.251 e. The van der Waals surface area contributed by atoms with Crippen LogP contribution >= 0.6 is 0 Å². The zero-order valence-electron chi connectivity index (χ0n) is 16.9. The Morgan fingerprint density at radius 3 is 2.10 bits per heavy atom. The lowest BCUT2D eigenvalue weighted by molar-refractivity contribution is -0.132. The summed E-state index contributed by atoms with van der Waals surface area (Å²) in [6.07, 6.45) is 0.871. The molecular weight excluding hydrogens is 402 g/mol. The number of hydrogen-bond acceptors (Lipinski definition) is 4. The van der Waals surface area contributed by atoms with Gasteiger partial charge in [-0.15, -0.1) is 0 Å². The first-order chi connectivity index (χ1) is 14.5. The minimum atomic E-state index is -3.39. The molecule has 1 heterocycles. The van der Waals surface area contributed by atoms with E-state index in [9.17, 15) is 18.0 Å². The first-order valence-corrected chi connectivity index (χ1v) is 11.7. The van der Waals surface area contributed by atoms with Crippen molar-refractivity contribution >= 4 is 21.8 Å². The molecule has 0 aliphatic carbocycles. The molecule has 0 unspecified atom stereocenters. The molecule has 3 rings (SSSR count). The molecule has 1 N–H and O–H groups in total. The topological polar surface area (TPSA) is 86.8 Å². The van der Waals surface area contributed by atoms with Gasteiger partial charge < -0.3 is 10.2 Å². The van der Waals surface area contributed by atoms with Gasteiger partial charge in [-0.3, -0.25) is 9.59 Å². The summed E-state index contributed by atoms with van der Waals surface area (Å²) in [6, 6.07) is 18.0. The Bertz CT molecular complexity index is 941. The van der Waals surface area contributed by atoms with Gasteiger partial charge in [0.1, 0.15) is 0 Å². The molecule has 1 saturated heterocycles. The van der Waals surface area contributed by atoms with Crippen LogP contribution in [-0.2, 0) is 20.6 Å². The van der Waals surface area contributed by atoms with Gasteiger partial charge in [0.15, 0.2) is 0 Å². The molecule has 2 aromatic carbocycles. The fourth-order valence-corrected chi connectivity index (χ4v) is 4.90. The lowest BCUT2D eigenvalue weighted by atomic mass is 10.2. The number of rotatable bonds is 8. The van der Waals surface area contributed by atoms with Gasteiger partial charge in [-0.1, -0.05) is 48.5 Å². The number of amides is 2. The van der Waals surface area contributed by atoms with Gasteiger partial charge in [-0.25, -0.2) is 8.42 Å². The van der Waals surface area contributed by atoms with Crippen molar-refractivity contribution in [3.63, 3.8) is 0 Å². The third-order valence-corrected chi connectivity index (χ3v) is 6.92. The van der Waals surface area contributed by atoms with Crippen molar-refractivity contribution < 1.29 is 18.0 Å². The number of benzene rings is 2. The highest BCUT2D eigenvalue weighted by Gasteiger charge is 2.28. The van der Waals surface area contributed by atoms with Gasteiger partial charge in [0.25, 0.3) is 5.91 Å².